The Labute approximate surface area is 122 Å². The number of nitrogens with one attached hydrogen (secondary N) is 1. The van der Waals surface area contributed by atoms with Gasteiger partial charge in [0.15, 0.2) is 0 Å². The van der Waals surface area contributed by atoms with Gasteiger partial charge in [-0.25, -0.2) is 4.98 Å². The lowest BCUT2D eigenvalue weighted by Crippen LogP contribution is -2.33. The normalized spacial score (nSPS) is 24.8. The van der Waals surface area contributed by atoms with Crippen molar-refractivity contribution in [3.05, 3.63) is 48.6 Å². The van der Waals surface area contributed by atoms with Gasteiger partial charge in [-0.3, -0.25) is 4.98 Å². The molecule has 6 heteroatoms. The molecule has 21 heavy (non-hydrogen) atoms. The molecule has 0 bridgehead atoms. The van der Waals surface area contributed by atoms with Crippen LogP contribution in [0.4, 0.5) is 0 Å². The zero-order chi connectivity index (χ0) is 14.7. The highest BCUT2D eigenvalue weighted by Gasteiger charge is 2.28. The summed E-state index contributed by atoms with van der Waals surface area (Å²) in [5.74, 6) is -0.0388. The van der Waals surface area contributed by atoms with E-state index in [4.69, 9.17) is 14.6 Å². The van der Waals surface area contributed by atoms with Crippen LogP contribution in [-0.4, -0.2) is 46.2 Å². The first kappa shape index (κ1) is 13.9. The molecule has 0 saturated carbocycles. The summed E-state index contributed by atoms with van der Waals surface area (Å²) in [6.07, 6.45) is 11.1. The van der Waals surface area contributed by atoms with Crippen molar-refractivity contribution >= 4 is 11.0 Å². The van der Waals surface area contributed by atoms with E-state index >= 15 is 0 Å². The van der Waals surface area contributed by atoms with Crippen molar-refractivity contribution in [3.63, 3.8) is 0 Å². The third-order valence-electron chi connectivity index (χ3n) is 3.43. The molecule has 0 aromatic carbocycles. The molecular formula is C15H17N3O3. The van der Waals surface area contributed by atoms with Crippen LogP contribution in [0.5, 0.6) is 0 Å². The number of aliphatic hydroxyl groups is 1. The Morgan fingerprint density at radius 3 is 2.86 bits per heavy atom. The number of aliphatic hydroxyl groups excluding tert-OH is 1. The van der Waals surface area contributed by atoms with Crippen molar-refractivity contribution in [2.45, 2.75) is 11.7 Å². The van der Waals surface area contributed by atoms with Crippen LogP contribution in [0.1, 0.15) is 11.7 Å². The third-order valence-corrected chi connectivity index (χ3v) is 3.43. The Balaban J connectivity index is 1.82. The van der Waals surface area contributed by atoms with E-state index in [9.17, 15) is 0 Å². The Morgan fingerprint density at radius 1 is 1.38 bits per heavy atom. The number of methoxy groups -OCH3 is 1. The first-order chi connectivity index (χ1) is 10.3. The van der Waals surface area contributed by atoms with Crippen LogP contribution < -0.4 is 0 Å². The van der Waals surface area contributed by atoms with E-state index in [2.05, 4.69) is 15.0 Å². The lowest BCUT2D eigenvalue weighted by atomic mass is 9.99. The minimum atomic E-state index is -0.910. The van der Waals surface area contributed by atoms with E-state index in [0.717, 1.165) is 16.9 Å². The van der Waals surface area contributed by atoms with Gasteiger partial charge in [-0.2, -0.15) is 0 Å². The van der Waals surface area contributed by atoms with E-state index < -0.39 is 5.79 Å². The third kappa shape index (κ3) is 2.73. The monoisotopic (exact) mass is 287 g/mol. The van der Waals surface area contributed by atoms with Gasteiger partial charge in [-0.1, -0.05) is 12.2 Å². The fourth-order valence-electron chi connectivity index (χ4n) is 2.31. The number of ether oxygens (including phenoxy) is 2. The van der Waals surface area contributed by atoms with Crippen LogP contribution in [0, 0.1) is 0 Å². The van der Waals surface area contributed by atoms with Crippen molar-refractivity contribution < 1.29 is 14.6 Å². The number of imidazole rings is 1. The molecule has 1 aliphatic rings. The summed E-state index contributed by atoms with van der Waals surface area (Å²) in [6, 6.07) is 1.89. The maximum absolute atomic E-state index is 8.87. The summed E-state index contributed by atoms with van der Waals surface area (Å²) in [5.41, 5.74) is 1.80. The van der Waals surface area contributed by atoms with Crippen molar-refractivity contribution in [2.75, 3.05) is 20.3 Å². The second-order valence-corrected chi connectivity index (χ2v) is 4.76. The van der Waals surface area contributed by atoms with E-state index in [1.54, 1.807) is 19.5 Å². The largest absolute Gasteiger partial charge is 0.394 e. The first-order valence-corrected chi connectivity index (χ1v) is 6.75. The molecule has 0 amide bonds. The predicted molar refractivity (Wildman–Crippen MR) is 77.7 cm³/mol. The minimum Gasteiger partial charge on any atom is -0.394 e. The number of fused-ring (bicyclic) bond motifs is 1. The zero-order valence-corrected chi connectivity index (χ0v) is 11.7. The Hall–Kier alpha value is -2.02. The molecule has 2 aromatic heterocycles. The highest BCUT2D eigenvalue weighted by Crippen LogP contribution is 2.28. The maximum atomic E-state index is 8.87. The molecule has 0 saturated heterocycles. The number of allylic oxidation sites excluding steroid dienone is 2. The topological polar surface area (TPSA) is 80.3 Å². The van der Waals surface area contributed by atoms with Gasteiger partial charge in [0, 0.05) is 13.3 Å². The molecule has 110 valence electrons. The van der Waals surface area contributed by atoms with Crippen molar-refractivity contribution in [1.82, 2.24) is 15.0 Å². The van der Waals surface area contributed by atoms with Crippen LogP contribution in [-0.2, 0) is 9.47 Å². The molecule has 1 aliphatic carbocycles. The number of hydrogen-bond acceptors (Lipinski definition) is 5. The van der Waals surface area contributed by atoms with E-state index in [1.807, 2.05) is 30.4 Å². The number of aromatic amines is 1. The van der Waals surface area contributed by atoms with Crippen LogP contribution >= 0.6 is 0 Å². The van der Waals surface area contributed by atoms with Gasteiger partial charge >= 0.3 is 0 Å². The minimum absolute atomic E-state index is 0.0263. The second-order valence-electron chi connectivity index (χ2n) is 4.76. The van der Waals surface area contributed by atoms with Gasteiger partial charge in [0.05, 0.1) is 30.8 Å². The number of H-pyrrole nitrogens is 1. The zero-order valence-electron chi connectivity index (χ0n) is 11.7. The van der Waals surface area contributed by atoms with Crippen LogP contribution in [0.15, 0.2) is 42.8 Å². The Kier molecular flexibility index (Phi) is 3.83. The molecule has 0 fully saturated rings. The van der Waals surface area contributed by atoms with E-state index in [-0.39, 0.29) is 19.1 Å². The van der Waals surface area contributed by atoms with Crippen molar-refractivity contribution in [1.29, 1.82) is 0 Å². The van der Waals surface area contributed by atoms with E-state index in [0.29, 0.717) is 0 Å². The van der Waals surface area contributed by atoms with Gasteiger partial charge in [-0.05, 0) is 18.2 Å². The first-order valence-electron chi connectivity index (χ1n) is 6.75. The number of aromatic nitrogens is 3. The SMILES string of the molecule is COC1(OCCO)C=CC(c2nc3cnccc3[nH]2)C=C1. The maximum Gasteiger partial charge on any atom is 0.207 e. The summed E-state index contributed by atoms with van der Waals surface area (Å²) in [7, 11) is 1.57. The quantitative estimate of drug-likeness (QED) is 0.644. The molecule has 2 N–H and O–H groups in total. The summed E-state index contributed by atoms with van der Waals surface area (Å²) >= 11 is 0. The van der Waals surface area contributed by atoms with Gasteiger partial charge in [0.25, 0.3) is 0 Å². The van der Waals surface area contributed by atoms with Crippen LogP contribution in [0.2, 0.25) is 0 Å². The lowest BCUT2D eigenvalue weighted by molar-refractivity contribution is -0.159. The summed E-state index contributed by atoms with van der Waals surface area (Å²) in [6.45, 7) is 0.163. The number of pyridine rings is 1. The van der Waals surface area contributed by atoms with Crippen LogP contribution in [0.25, 0.3) is 11.0 Å². The highest BCUT2D eigenvalue weighted by atomic mass is 16.7. The Morgan fingerprint density at radius 2 is 2.19 bits per heavy atom. The standard InChI is InChI=1S/C15H17N3O3/c1-20-15(21-9-8-19)5-2-11(3-6-15)14-17-12-4-7-16-10-13(12)18-14/h2-7,10-11,19H,8-9H2,1H3,(H,17,18). The summed E-state index contributed by atoms with van der Waals surface area (Å²) in [4.78, 5) is 11.9. The average Bonchev–Trinajstić information content (AvgIpc) is 2.97. The van der Waals surface area contributed by atoms with Crippen molar-refractivity contribution in [2.24, 2.45) is 0 Å². The lowest BCUT2D eigenvalue weighted by Gasteiger charge is -2.29. The van der Waals surface area contributed by atoms with Gasteiger partial charge in [-0.15, -0.1) is 0 Å². The molecule has 6 nitrogen and oxygen atoms in total. The molecule has 2 heterocycles. The summed E-state index contributed by atoms with van der Waals surface area (Å²) in [5, 5.41) is 8.87. The molecule has 3 rings (SSSR count). The fraction of sp³-hybridized carbons (Fsp3) is 0.333. The number of rotatable bonds is 5. The summed E-state index contributed by atoms with van der Waals surface area (Å²) < 4.78 is 10.9. The average molecular weight is 287 g/mol. The second kappa shape index (κ2) is 5.77. The molecule has 0 radical (unpaired) electrons. The molecular weight excluding hydrogens is 270 g/mol. The molecule has 2 aromatic rings. The molecule has 0 atom stereocenters. The smallest absolute Gasteiger partial charge is 0.207 e. The predicted octanol–water partition coefficient (Wildman–Crippen LogP) is 1.52. The highest BCUT2D eigenvalue weighted by molar-refractivity contribution is 5.73. The molecule has 0 spiro atoms. The number of hydrogen-bond donors (Lipinski definition) is 2. The number of nitrogens with zero attached hydrogens (tertiary/aromatic N) is 2. The van der Waals surface area contributed by atoms with Gasteiger partial charge < -0.3 is 19.6 Å². The van der Waals surface area contributed by atoms with Crippen LogP contribution in [0.3, 0.4) is 0 Å². The van der Waals surface area contributed by atoms with Gasteiger partial charge in [0.1, 0.15) is 11.3 Å². The van der Waals surface area contributed by atoms with E-state index in [1.165, 1.54) is 0 Å². The Bertz CT molecular complexity index is 631. The van der Waals surface area contributed by atoms with Gasteiger partial charge in [0.2, 0.25) is 5.79 Å². The van der Waals surface area contributed by atoms with Crippen molar-refractivity contribution in [3.8, 4) is 0 Å². The fourth-order valence-corrected chi connectivity index (χ4v) is 2.31. The molecule has 0 aliphatic heterocycles. The molecule has 0 unspecified atom stereocenters.